The molecule has 0 unspecified atom stereocenters. The molecule has 186 valence electrons. The van der Waals surface area contributed by atoms with Gasteiger partial charge in [0.25, 0.3) is 5.56 Å². The highest BCUT2D eigenvalue weighted by Crippen LogP contribution is 2.41. The van der Waals surface area contributed by atoms with E-state index >= 15 is 0 Å². The monoisotopic (exact) mass is 574 g/mol. The number of phenols is 1. The zero-order valence-electron chi connectivity index (χ0n) is 20.2. The van der Waals surface area contributed by atoms with Gasteiger partial charge in [-0.2, -0.15) is 0 Å². The lowest BCUT2D eigenvalue weighted by molar-refractivity contribution is 0.340. The van der Waals surface area contributed by atoms with Gasteiger partial charge in [-0.05, 0) is 65.4 Å². The number of aryl methyl sites for hydroxylation is 1. The second-order valence-corrected chi connectivity index (χ2v) is 10.9. The normalized spacial score (nSPS) is 16.5. The predicted molar refractivity (Wildman–Crippen MR) is 148 cm³/mol. The summed E-state index contributed by atoms with van der Waals surface area (Å²) in [4.78, 5) is 19.6. The summed E-state index contributed by atoms with van der Waals surface area (Å²) in [6.45, 7) is 0. The number of allylic oxidation sites excluding steroid dienone is 1. The molecule has 4 aromatic rings. The molecule has 1 N–H and O–H groups in total. The third-order valence-corrected chi connectivity index (χ3v) is 8.37. The van der Waals surface area contributed by atoms with Crippen LogP contribution in [0.1, 0.15) is 34.7 Å². The number of aromatic hydroxyl groups is 1. The van der Waals surface area contributed by atoms with Gasteiger partial charge in [0.2, 0.25) is 5.75 Å². The molecule has 3 aromatic carbocycles. The number of methoxy groups -OCH3 is 2. The van der Waals surface area contributed by atoms with Crippen molar-refractivity contribution in [3.63, 3.8) is 0 Å². The average Bonchev–Trinajstić information content (AvgIpc) is 3.23. The Kier molecular flexibility index (Phi) is 6.01. The van der Waals surface area contributed by atoms with Crippen LogP contribution in [0, 0.1) is 0 Å². The van der Waals surface area contributed by atoms with Crippen LogP contribution in [0.5, 0.6) is 17.2 Å². The number of nitrogens with zero attached hydrogens (tertiary/aromatic N) is 2. The number of aromatic nitrogens is 1. The minimum atomic E-state index is -0.237. The molecule has 0 bridgehead atoms. The Balaban J connectivity index is 1.60. The molecule has 1 aliphatic carbocycles. The van der Waals surface area contributed by atoms with Crippen LogP contribution in [0.4, 0.5) is 0 Å². The summed E-state index contributed by atoms with van der Waals surface area (Å²) < 4.78 is 14.0. The Hall–Kier alpha value is -3.62. The summed E-state index contributed by atoms with van der Waals surface area (Å²) >= 11 is 4.90. The fourth-order valence-electron chi connectivity index (χ4n) is 5.12. The summed E-state index contributed by atoms with van der Waals surface area (Å²) in [5.74, 6) is 0.474. The molecular formula is C29H23BrN2O4S. The van der Waals surface area contributed by atoms with Crippen molar-refractivity contribution in [1.82, 2.24) is 4.57 Å². The van der Waals surface area contributed by atoms with Crippen LogP contribution in [0.15, 0.2) is 80.5 Å². The van der Waals surface area contributed by atoms with Gasteiger partial charge in [0.05, 0.1) is 30.5 Å². The standard InChI is InChI=1S/C29H23BrN2O4S/c1-35-22-13-16(14-23(36-2)27(22)33)15-24-28(34)32-26(18-7-10-19(30)11-8-18)21-12-9-17-5-3-4-6-20(17)25(21)31-29(32)37-24/h3-8,10-11,13-15,26,33H,9,12H2,1-2H3/b24-15-/t26-/m1/s1. The third-order valence-electron chi connectivity index (χ3n) is 6.86. The summed E-state index contributed by atoms with van der Waals surface area (Å²) in [5, 5.41) is 10.3. The SMILES string of the molecule is COc1cc(/C=c2\sc3n(c2=O)[C@H](c2ccc(Br)cc2)C2=C(N=3)c3ccccc3CC2)cc(OC)c1O. The molecule has 6 nitrogen and oxygen atoms in total. The zero-order chi connectivity index (χ0) is 25.7. The van der Waals surface area contributed by atoms with E-state index in [1.54, 1.807) is 18.2 Å². The van der Waals surface area contributed by atoms with Crippen molar-refractivity contribution in [3.05, 3.63) is 113 Å². The number of fused-ring (bicyclic) bond motifs is 3. The molecule has 1 atom stereocenters. The highest BCUT2D eigenvalue weighted by molar-refractivity contribution is 9.10. The quantitative estimate of drug-likeness (QED) is 0.380. The highest BCUT2D eigenvalue weighted by Gasteiger charge is 2.32. The number of ether oxygens (including phenoxy) is 2. The van der Waals surface area contributed by atoms with E-state index in [1.807, 2.05) is 22.8 Å². The van der Waals surface area contributed by atoms with Gasteiger partial charge in [0.15, 0.2) is 16.3 Å². The van der Waals surface area contributed by atoms with E-state index in [0.29, 0.717) is 14.9 Å². The molecule has 2 aliphatic rings. The van der Waals surface area contributed by atoms with E-state index in [4.69, 9.17) is 14.5 Å². The zero-order valence-corrected chi connectivity index (χ0v) is 22.6. The lowest BCUT2D eigenvalue weighted by Crippen LogP contribution is -2.38. The lowest BCUT2D eigenvalue weighted by atomic mass is 9.83. The molecule has 37 heavy (non-hydrogen) atoms. The minimum absolute atomic E-state index is 0.0785. The van der Waals surface area contributed by atoms with Crippen LogP contribution >= 0.6 is 27.3 Å². The van der Waals surface area contributed by atoms with Crippen molar-refractivity contribution in [1.29, 1.82) is 0 Å². The molecule has 8 heteroatoms. The van der Waals surface area contributed by atoms with Crippen LogP contribution in [0.25, 0.3) is 11.8 Å². The molecule has 0 fully saturated rings. The number of hydrogen-bond donors (Lipinski definition) is 1. The maximum absolute atomic E-state index is 13.9. The van der Waals surface area contributed by atoms with Crippen molar-refractivity contribution in [2.75, 3.05) is 14.2 Å². The molecule has 2 heterocycles. The van der Waals surface area contributed by atoms with Crippen LogP contribution in [0.2, 0.25) is 0 Å². The Morgan fingerprint density at radius 2 is 1.76 bits per heavy atom. The minimum Gasteiger partial charge on any atom is -0.502 e. The molecule has 6 rings (SSSR count). The van der Waals surface area contributed by atoms with Gasteiger partial charge in [0, 0.05) is 10.0 Å². The molecule has 0 saturated heterocycles. The van der Waals surface area contributed by atoms with Gasteiger partial charge in [-0.15, -0.1) is 0 Å². The Morgan fingerprint density at radius 1 is 1.05 bits per heavy atom. The van der Waals surface area contributed by atoms with E-state index in [1.165, 1.54) is 31.1 Å². The fraction of sp³-hybridized carbons (Fsp3) is 0.172. The van der Waals surface area contributed by atoms with Crippen LogP contribution in [-0.2, 0) is 6.42 Å². The first-order valence-electron chi connectivity index (χ1n) is 11.8. The van der Waals surface area contributed by atoms with Crippen LogP contribution < -0.4 is 24.4 Å². The number of hydrogen-bond acceptors (Lipinski definition) is 6. The van der Waals surface area contributed by atoms with Gasteiger partial charge in [-0.3, -0.25) is 9.36 Å². The first-order valence-corrected chi connectivity index (χ1v) is 13.4. The first kappa shape index (κ1) is 23.8. The molecule has 1 aliphatic heterocycles. The van der Waals surface area contributed by atoms with Gasteiger partial charge in [-0.1, -0.05) is 63.7 Å². The van der Waals surface area contributed by atoms with Crippen molar-refractivity contribution >= 4 is 39.0 Å². The van der Waals surface area contributed by atoms with Crippen molar-refractivity contribution < 1.29 is 14.6 Å². The average molecular weight is 575 g/mol. The van der Waals surface area contributed by atoms with Gasteiger partial charge in [-0.25, -0.2) is 4.99 Å². The summed E-state index contributed by atoms with van der Waals surface area (Å²) in [5.41, 5.74) is 6.17. The topological polar surface area (TPSA) is 73.1 Å². The first-order chi connectivity index (χ1) is 18.0. The van der Waals surface area contributed by atoms with Crippen molar-refractivity contribution in [2.24, 2.45) is 4.99 Å². The second kappa shape index (κ2) is 9.36. The number of rotatable bonds is 4. The van der Waals surface area contributed by atoms with Gasteiger partial charge >= 0.3 is 0 Å². The lowest BCUT2D eigenvalue weighted by Gasteiger charge is -2.30. The maximum Gasteiger partial charge on any atom is 0.271 e. The molecular weight excluding hydrogens is 552 g/mol. The van der Waals surface area contributed by atoms with Crippen LogP contribution in [-0.4, -0.2) is 23.9 Å². The van der Waals surface area contributed by atoms with Crippen molar-refractivity contribution in [2.45, 2.75) is 18.9 Å². The van der Waals surface area contributed by atoms with Crippen LogP contribution in [0.3, 0.4) is 0 Å². The summed E-state index contributed by atoms with van der Waals surface area (Å²) in [6, 6.07) is 19.7. The molecule has 0 amide bonds. The van der Waals surface area contributed by atoms with Crippen molar-refractivity contribution in [3.8, 4) is 17.2 Å². The van der Waals surface area contributed by atoms with E-state index in [9.17, 15) is 9.90 Å². The number of benzene rings is 3. The molecule has 0 spiro atoms. The summed E-state index contributed by atoms with van der Waals surface area (Å²) in [7, 11) is 2.96. The van der Waals surface area contributed by atoms with Gasteiger partial charge < -0.3 is 14.6 Å². The van der Waals surface area contributed by atoms with E-state index in [-0.39, 0.29) is 28.8 Å². The van der Waals surface area contributed by atoms with Gasteiger partial charge in [0.1, 0.15) is 0 Å². The Bertz CT molecular complexity index is 1730. The highest BCUT2D eigenvalue weighted by atomic mass is 79.9. The van der Waals surface area contributed by atoms with E-state index in [0.717, 1.165) is 39.7 Å². The molecule has 1 aromatic heterocycles. The second-order valence-electron chi connectivity index (χ2n) is 8.94. The largest absolute Gasteiger partial charge is 0.502 e. The predicted octanol–water partition coefficient (Wildman–Crippen LogP) is 4.80. The Labute approximate surface area is 225 Å². The fourth-order valence-corrected chi connectivity index (χ4v) is 6.38. The Morgan fingerprint density at radius 3 is 2.46 bits per heavy atom. The van der Waals surface area contributed by atoms with E-state index < -0.39 is 0 Å². The molecule has 0 radical (unpaired) electrons. The summed E-state index contributed by atoms with van der Waals surface area (Å²) in [6.07, 6.45) is 3.55. The molecule has 0 saturated carbocycles. The smallest absolute Gasteiger partial charge is 0.271 e. The maximum atomic E-state index is 13.9. The third kappa shape index (κ3) is 4.01. The number of halogens is 1. The number of thiazole rings is 1. The van der Waals surface area contributed by atoms with E-state index in [2.05, 4.69) is 46.3 Å². The number of phenolic OH excluding ortho intramolecular Hbond substituents is 1.